The van der Waals surface area contributed by atoms with Crippen LogP contribution in [0.3, 0.4) is 0 Å². The summed E-state index contributed by atoms with van der Waals surface area (Å²) in [4.78, 5) is 32.0. The van der Waals surface area contributed by atoms with Crippen LogP contribution in [0.1, 0.15) is 0 Å². The zero-order chi connectivity index (χ0) is 14.9. The number of carboxylic acids is 1. The lowest BCUT2D eigenvalue weighted by atomic mass is 9.79. The van der Waals surface area contributed by atoms with Gasteiger partial charge in [0.1, 0.15) is 0 Å². The number of hydrogen-bond donors (Lipinski definition) is 2. The zero-order valence-electron chi connectivity index (χ0n) is 9.83. The molecule has 20 heavy (non-hydrogen) atoms. The number of carbonyl (C=O) groups excluding carboxylic acids is 1. The van der Waals surface area contributed by atoms with Crippen molar-refractivity contribution in [3.8, 4) is 0 Å². The predicted octanol–water partition coefficient (Wildman–Crippen LogP) is -1.32. The highest BCUT2D eigenvalue weighted by atomic mass is 16.7. The average molecular weight is 281 g/mol. The molecule has 0 aliphatic carbocycles. The van der Waals surface area contributed by atoms with E-state index in [4.69, 9.17) is 14.4 Å². The molecule has 1 aliphatic rings. The number of rotatable bonds is 4. The van der Waals surface area contributed by atoms with Crippen molar-refractivity contribution in [3.63, 3.8) is 0 Å². The van der Waals surface area contributed by atoms with Gasteiger partial charge in [-0.05, 0) is 0 Å². The van der Waals surface area contributed by atoms with E-state index < -0.39 is 36.2 Å². The quantitative estimate of drug-likeness (QED) is 0.394. The first-order chi connectivity index (χ1) is 9.40. The van der Waals surface area contributed by atoms with E-state index in [2.05, 4.69) is 0 Å². The summed E-state index contributed by atoms with van der Waals surface area (Å²) in [5, 5.41) is 28.5. The smallest absolute Gasteiger partial charge is 0.504 e. The average Bonchev–Trinajstić information content (AvgIpc) is 2.80. The van der Waals surface area contributed by atoms with Crippen LogP contribution in [-0.2, 0) is 18.9 Å². The standard InChI is InChI=1S/C10H8BNO8/c13-7(9(14)15)8-10(16)20-11(19-8)5-2-1-3-6(4-5)12(17)18/h1-4,7-8,13H,(H,14,15)/t7-,8-/m0/s1. The van der Waals surface area contributed by atoms with E-state index in [1.165, 1.54) is 18.2 Å². The molecule has 1 heterocycles. The van der Waals surface area contributed by atoms with Gasteiger partial charge >= 0.3 is 19.1 Å². The summed E-state index contributed by atoms with van der Waals surface area (Å²) in [6.45, 7) is 0. The van der Waals surface area contributed by atoms with Gasteiger partial charge in [-0.3, -0.25) is 14.9 Å². The van der Waals surface area contributed by atoms with Crippen molar-refractivity contribution in [2.45, 2.75) is 12.2 Å². The highest BCUT2D eigenvalue weighted by Gasteiger charge is 2.47. The summed E-state index contributed by atoms with van der Waals surface area (Å²) in [6.07, 6.45) is -3.73. The van der Waals surface area contributed by atoms with E-state index in [9.17, 15) is 24.8 Å². The number of aliphatic hydroxyl groups is 1. The molecule has 1 fully saturated rings. The molecule has 1 aromatic rings. The minimum absolute atomic E-state index is 0.174. The second-order valence-corrected chi connectivity index (χ2v) is 3.96. The fraction of sp³-hybridized carbons (Fsp3) is 0.200. The number of carbonyl (C=O) groups is 2. The summed E-state index contributed by atoms with van der Waals surface area (Å²) in [5.74, 6) is -2.68. The van der Waals surface area contributed by atoms with E-state index in [1.807, 2.05) is 0 Å². The molecule has 9 nitrogen and oxygen atoms in total. The lowest BCUT2D eigenvalue weighted by Gasteiger charge is -2.09. The minimum atomic E-state index is -2.06. The van der Waals surface area contributed by atoms with E-state index in [-0.39, 0.29) is 11.2 Å². The third-order valence-electron chi connectivity index (χ3n) is 2.62. The monoisotopic (exact) mass is 281 g/mol. The van der Waals surface area contributed by atoms with Crippen molar-refractivity contribution >= 4 is 30.2 Å². The van der Waals surface area contributed by atoms with Gasteiger partial charge in [0.2, 0.25) is 0 Å². The molecule has 104 valence electrons. The van der Waals surface area contributed by atoms with Crippen LogP contribution in [0.4, 0.5) is 5.69 Å². The molecule has 1 aromatic carbocycles. The number of nitro benzene ring substituents is 1. The Morgan fingerprint density at radius 3 is 2.80 bits per heavy atom. The highest BCUT2D eigenvalue weighted by Crippen LogP contribution is 2.16. The third-order valence-corrected chi connectivity index (χ3v) is 2.62. The van der Waals surface area contributed by atoms with Crippen molar-refractivity contribution in [1.82, 2.24) is 0 Å². The summed E-state index contributed by atoms with van der Waals surface area (Å²) < 4.78 is 9.75. The van der Waals surface area contributed by atoms with E-state index in [0.29, 0.717) is 0 Å². The van der Waals surface area contributed by atoms with Gasteiger partial charge in [0.05, 0.1) is 4.92 Å². The molecular weight excluding hydrogens is 273 g/mol. The molecule has 0 saturated carbocycles. The van der Waals surface area contributed by atoms with E-state index in [1.54, 1.807) is 0 Å². The van der Waals surface area contributed by atoms with Gasteiger partial charge < -0.3 is 19.5 Å². The van der Waals surface area contributed by atoms with Crippen molar-refractivity contribution < 1.29 is 34.0 Å². The van der Waals surface area contributed by atoms with Crippen LogP contribution in [0, 0.1) is 10.1 Å². The normalized spacial score (nSPS) is 19.6. The van der Waals surface area contributed by atoms with Crippen molar-refractivity contribution in [2.75, 3.05) is 0 Å². The predicted molar refractivity (Wildman–Crippen MR) is 63.1 cm³/mol. The lowest BCUT2D eigenvalue weighted by Crippen LogP contribution is -2.39. The third kappa shape index (κ3) is 2.60. The second-order valence-electron chi connectivity index (χ2n) is 3.96. The molecule has 0 bridgehead atoms. The molecule has 0 aromatic heterocycles. The van der Waals surface area contributed by atoms with Crippen molar-refractivity contribution in [1.29, 1.82) is 0 Å². The van der Waals surface area contributed by atoms with Crippen LogP contribution in [0.25, 0.3) is 0 Å². The Morgan fingerprint density at radius 1 is 1.50 bits per heavy atom. The summed E-state index contributed by atoms with van der Waals surface area (Å²) in [6, 6.07) is 5.16. The Hall–Kier alpha value is -2.46. The first kappa shape index (κ1) is 14.0. The van der Waals surface area contributed by atoms with Crippen LogP contribution in [0.15, 0.2) is 24.3 Å². The molecule has 10 heteroatoms. The largest absolute Gasteiger partial charge is 0.565 e. The molecule has 0 spiro atoms. The Balaban J connectivity index is 2.20. The van der Waals surface area contributed by atoms with Crippen LogP contribution in [-0.4, -0.2) is 46.4 Å². The zero-order valence-corrected chi connectivity index (χ0v) is 9.83. The maximum Gasteiger partial charge on any atom is 0.565 e. The van der Waals surface area contributed by atoms with Crippen molar-refractivity contribution in [3.05, 3.63) is 34.4 Å². The number of nitrogens with zero attached hydrogens (tertiary/aromatic N) is 1. The van der Waals surface area contributed by atoms with Crippen LogP contribution >= 0.6 is 0 Å². The number of benzene rings is 1. The van der Waals surface area contributed by atoms with Gasteiger partial charge in [0.25, 0.3) is 5.69 Å². The summed E-state index contributed by atoms with van der Waals surface area (Å²) in [5.41, 5.74) is -0.0583. The maximum absolute atomic E-state index is 11.4. The summed E-state index contributed by atoms with van der Waals surface area (Å²) in [7, 11) is -1.29. The molecule has 1 aliphatic heterocycles. The molecule has 2 rings (SSSR count). The van der Waals surface area contributed by atoms with Crippen LogP contribution in [0.2, 0.25) is 0 Å². The number of aliphatic hydroxyl groups excluding tert-OH is 1. The molecule has 1 saturated heterocycles. The lowest BCUT2D eigenvalue weighted by molar-refractivity contribution is -0.384. The van der Waals surface area contributed by atoms with Crippen LogP contribution in [0.5, 0.6) is 0 Å². The maximum atomic E-state index is 11.4. The molecule has 0 radical (unpaired) electrons. The molecule has 2 N–H and O–H groups in total. The van der Waals surface area contributed by atoms with Gasteiger partial charge in [-0.2, -0.15) is 0 Å². The number of carboxylic acid groups (broad SMARTS) is 1. The number of non-ortho nitro benzene ring substituents is 1. The van der Waals surface area contributed by atoms with Gasteiger partial charge in [-0.25, -0.2) is 4.79 Å². The SMILES string of the molecule is O=C(O)[C@@H](O)[C@@H]1OB(c2cccc([N+](=O)[O-])c2)OC1=O. The van der Waals surface area contributed by atoms with Crippen LogP contribution < -0.4 is 5.46 Å². The highest BCUT2D eigenvalue weighted by molar-refractivity contribution is 6.64. The Bertz CT molecular complexity index is 576. The number of hydrogen-bond acceptors (Lipinski definition) is 7. The van der Waals surface area contributed by atoms with Gasteiger partial charge in [-0.1, -0.05) is 12.1 Å². The molecule has 2 atom stereocenters. The van der Waals surface area contributed by atoms with E-state index in [0.717, 1.165) is 6.07 Å². The first-order valence-electron chi connectivity index (χ1n) is 5.41. The van der Waals surface area contributed by atoms with Crippen molar-refractivity contribution in [2.24, 2.45) is 0 Å². The minimum Gasteiger partial charge on any atom is -0.504 e. The Morgan fingerprint density at radius 2 is 2.20 bits per heavy atom. The fourth-order valence-corrected chi connectivity index (χ4v) is 1.65. The fourth-order valence-electron chi connectivity index (χ4n) is 1.65. The first-order valence-corrected chi connectivity index (χ1v) is 5.41. The second kappa shape index (κ2) is 5.27. The number of nitro groups is 1. The Labute approximate surface area is 112 Å². The van der Waals surface area contributed by atoms with E-state index >= 15 is 0 Å². The topological polar surface area (TPSA) is 136 Å². The van der Waals surface area contributed by atoms with Gasteiger partial charge in [-0.15, -0.1) is 0 Å². The summed E-state index contributed by atoms with van der Waals surface area (Å²) >= 11 is 0. The molecular formula is C10H8BNO8. The molecule has 0 amide bonds. The van der Waals surface area contributed by atoms with Gasteiger partial charge in [0.15, 0.2) is 12.2 Å². The Kier molecular flexibility index (Phi) is 3.68. The van der Waals surface area contributed by atoms with Gasteiger partial charge in [0, 0.05) is 17.6 Å². The molecule has 0 unspecified atom stereocenters. The number of aliphatic carboxylic acids is 1.